The zero-order valence-corrected chi connectivity index (χ0v) is 22.5. The van der Waals surface area contributed by atoms with Crippen LogP contribution < -0.4 is 10.6 Å². The smallest absolute Gasteiger partial charge is 0.407 e. The van der Waals surface area contributed by atoms with Gasteiger partial charge in [-0.2, -0.15) is 0 Å². The molecule has 1 aromatic carbocycles. The van der Waals surface area contributed by atoms with Gasteiger partial charge in [0.1, 0.15) is 5.60 Å². The fraction of sp³-hybridized carbons (Fsp3) is 0.577. The maximum atomic E-state index is 12.5. The van der Waals surface area contributed by atoms with Crippen LogP contribution in [0.5, 0.6) is 0 Å². The molecule has 2 N–H and O–H groups in total. The van der Waals surface area contributed by atoms with Gasteiger partial charge in [0.25, 0.3) is 17.5 Å². The van der Waals surface area contributed by atoms with E-state index in [9.17, 15) is 34.1 Å². The van der Waals surface area contributed by atoms with Crippen molar-refractivity contribution in [1.82, 2.24) is 20.4 Å². The van der Waals surface area contributed by atoms with E-state index in [1.807, 2.05) is 0 Å². The third-order valence-electron chi connectivity index (χ3n) is 6.51. The van der Waals surface area contributed by atoms with Crippen LogP contribution in [0.1, 0.15) is 73.6 Å². The molecule has 0 spiro atoms. The highest BCUT2D eigenvalue weighted by Crippen LogP contribution is 2.27. The van der Waals surface area contributed by atoms with Crippen molar-refractivity contribution >= 4 is 35.4 Å². The second-order valence-electron chi connectivity index (χ2n) is 10.7. The Morgan fingerprint density at radius 2 is 1.72 bits per heavy atom. The first-order chi connectivity index (χ1) is 18.4. The summed E-state index contributed by atoms with van der Waals surface area (Å²) >= 11 is 0. The van der Waals surface area contributed by atoms with Crippen LogP contribution in [0.4, 0.5) is 10.5 Å². The van der Waals surface area contributed by atoms with Crippen LogP contribution in [-0.2, 0) is 14.3 Å². The molecule has 0 unspecified atom stereocenters. The fourth-order valence-electron chi connectivity index (χ4n) is 4.47. The number of nitro benzene ring substituents is 1. The predicted octanol–water partition coefficient (Wildman–Crippen LogP) is 2.24. The lowest BCUT2D eigenvalue weighted by Gasteiger charge is -2.32. The molecule has 1 aromatic rings. The summed E-state index contributed by atoms with van der Waals surface area (Å²) in [6.07, 6.45) is 1.50. The third kappa shape index (κ3) is 8.23. The van der Waals surface area contributed by atoms with Gasteiger partial charge in [0.2, 0.25) is 11.8 Å². The minimum atomic E-state index is -0.626. The zero-order valence-electron chi connectivity index (χ0n) is 22.5. The van der Waals surface area contributed by atoms with Crippen molar-refractivity contribution in [3.05, 3.63) is 39.4 Å². The number of hydrogen-bond acceptors (Lipinski definition) is 8. The lowest BCUT2D eigenvalue weighted by atomic mass is 9.96. The number of non-ortho nitro benzene ring substituents is 1. The average molecular weight is 546 g/mol. The number of carbonyl (C=O) groups is 5. The molecule has 0 bridgehead atoms. The van der Waals surface area contributed by atoms with E-state index in [0.29, 0.717) is 19.6 Å². The van der Waals surface area contributed by atoms with E-state index in [4.69, 9.17) is 4.74 Å². The van der Waals surface area contributed by atoms with Gasteiger partial charge in [-0.1, -0.05) is 0 Å². The number of benzene rings is 1. The summed E-state index contributed by atoms with van der Waals surface area (Å²) in [5.74, 6) is -1.14. The van der Waals surface area contributed by atoms with Crippen molar-refractivity contribution in [2.24, 2.45) is 5.92 Å². The molecule has 0 aliphatic carbocycles. The summed E-state index contributed by atoms with van der Waals surface area (Å²) in [5, 5.41) is 16.4. The number of rotatable bonds is 10. The first kappa shape index (κ1) is 29.5. The van der Waals surface area contributed by atoms with Gasteiger partial charge in [0.15, 0.2) is 0 Å². The predicted molar refractivity (Wildman–Crippen MR) is 139 cm³/mol. The number of nitrogens with one attached hydrogen (secondary N) is 2. The topological polar surface area (TPSA) is 168 Å². The number of carbonyl (C=O) groups excluding carboxylic acids is 5. The number of imide groups is 1. The van der Waals surface area contributed by atoms with E-state index in [-0.39, 0.29) is 66.9 Å². The highest BCUT2D eigenvalue weighted by molar-refractivity contribution is 6.21. The Hall–Kier alpha value is -4.03. The minimum Gasteiger partial charge on any atom is -0.444 e. The standard InChI is InChI=1S/C26H35N5O8/c1-26(2,3)39-25(36)27-11-8-22(33)29-13-9-17(10-14-29)16-28-21(32)5-4-12-30-23(34)19-7-6-18(31(37)38)15-20(19)24(30)35/h6-7,15,17H,4-5,8-14,16H2,1-3H3,(H,27,36)(H,28,32). The SMILES string of the molecule is CC(C)(C)OC(=O)NCCC(=O)N1CCC(CNC(=O)CCCN2C(=O)c3ccc([N+](=O)[O-])cc3C2=O)CC1. The van der Waals surface area contributed by atoms with Crippen LogP contribution in [-0.4, -0.2) is 82.8 Å². The molecule has 2 aliphatic rings. The molecule has 1 fully saturated rings. The highest BCUT2D eigenvalue weighted by Gasteiger charge is 2.36. The Bertz CT molecular complexity index is 1140. The van der Waals surface area contributed by atoms with E-state index in [1.165, 1.54) is 12.1 Å². The molecule has 39 heavy (non-hydrogen) atoms. The number of alkyl carbamates (subject to hydrolysis) is 1. The summed E-state index contributed by atoms with van der Waals surface area (Å²) in [5.41, 5.74) is -0.736. The number of amides is 5. The van der Waals surface area contributed by atoms with Gasteiger partial charge >= 0.3 is 6.09 Å². The quantitative estimate of drug-likeness (QED) is 0.256. The normalized spacial score (nSPS) is 15.7. The monoisotopic (exact) mass is 545 g/mol. The molecule has 1 saturated heterocycles. The Kier molecular flexibility index (Phi) is 9.60. The van der Waals surface area contributed by atoms with Crippen LogP contribution in [0.2, 0.25) is 0 Å². The maximum Gasteiger partial charge on any atom is 0.407 e. The first-order valence-electron chi connectivity index (χ1n) is 13.0. The van der Waals surface area contributed by atoms with Crippen molar-refractivity contribution in [2.75, 3.05) is 32.7 Å². The Balaban J connectivity index is 1.31. The van der Waals surface area contributed by atoms with Crippen molar-refractivity contribution in [2.45, 2.75) is 58.5 Å². The van der Waals surface area contributed by atoms with E-state index in [1.54, 1.807) is 25.7 Å². The summed E-state index contributed by atoms with van der Waals surface area (Å²) in [4.78, 5) is 74.5. The van der Waals surface area contributed by atoms with E-state index >= 15 is 0 Å². The molecular weight excluding hydrogens is 510 g/mol. The first-order valence-corrected chi connectivity index (χ1v) is 13.0. The molecule has 3 rings (SSSR count). The maximum absolute atomic E-state index is 12.5. The summed E-state index contributed by atoms with van der Waals surface area (Å²) in [6, 6.07) is 3.56. The number of fused-ring (bicyclic) bond motifs is 1. The number of nitro groups is 1. The summed E-state index contributed by atoms with van der Waals surface area (Å²) < 4.78 is 5.15. The largest absolute Gasteiger partial charge is 0.444 e. The molecule has 212 valence electrons. The third-order valence-corrected chi connectivity index (χ3v) is 6.51. The average Bonchev–Trinajstić information content (AvgIpc) is 3.11. The van der Waals surface area contributed by atoms with Gasteiger partial charge in [-0.25, -0.2) is 4.79 Å². The molecule has 0 saturated carbocycles. The Morgan fingerprint density at radius 3 is 2.36 bits per heavy atom. The van der Waals surface area contributed by atoms with Crippen LogP contribution in [0.25, 0.3) is 0 Å². The number of hydrogen-bond donors (Lipinski definition) is 2. The molecule has 0 atom stereocenters. The zero-order chi connectivity index (χ0) is 28.7. The van der Waals surface area contributed by atoms with Gasteiger partial charge in [0.05, 0.1) is 16.1 Å². The number of ether oxygens (including phenoxy) is 1. The second kappa shape index (κ2) is 12.7. The molecule has 13 heteroatoms. The molecule has 2 heterocycles. The van der Waals surface area contributed by atoms with Crippen LogP contribution in [0, 0.1) is 16.0 Å². The van der Waals surface area contributed by atoms with Gasteiger partial charge < -0.3 is 20.3 Å². The highest BCUT2D eigenvalue weighted by atomic mass is 16.6. The van der Waals surface area contributed by atoms with E-state index in [2.05, 4.69) is 10.6 Å². The second-order valence-corrected chi connectivity index (χ2v) is 10.7. The summed E-state index contributed by atoms with van der Waals surface area (Å²) in [7, 11) is 0. The van der Waals surface area contributed by atoms with Crippen molar-refractivity contribution in [1.29, 1.82) is 0 Å². The molecular formula is C26H35N5O8. The van der Waals surface area contributed by atoms with Crippen LogP contribution >= 0.6 is 0 Å². The minimum absolute atomic E-state index is 0.00257. The molecule has 2 aliphatic heterocycles. The molecule has 5 amide bonds. The van der Waals surface area contributed by atoms with E-state index in [0.717, 1.165) is 23.8 Å². The number of piperidine rings is 1. The number of nitrogens with zero attached hydrogens (tertiary/aromatic N) is 3. The molecule has 0 radical (unpaired) electrons. The van der Waals surface area contributed by atoms with Crippen molar-refractivity contribution < 1.29 is 33.6 Å². The van der Waals surface area contributed by atoms with Gasteiger partial charge in [-0.3, -0.25) is 34.2 Å². The number of likely N-dealkylation sites (tertiary alicyclic amines) is 1. The molecule has 13 nitrogen and oxygen atoms in total. The lowest BCUT2D eigenvalue weighted by molar-refractivity contribution is -0.384. The van der Waals surface area contributed by atoms with Crippen molar-refractivity contribution in [3.8, 4) is 0 Å². The van der Waals surface area contributed by atoms with Gasteiger partial charge in [-0.15, -0.1) is 0 Å². The Morgan fingerprint density at radius 1 is 1.05 bits per heavy atom. The summed E-state index contributed by atoms with van der Waals surface area (Å²) in [6.45, 7) is 7.15. The van der Waals surface area contributed by atoms with Gasteiger partial charge in [-0.05, 0) is 52.0 Å². The lowest BCUT2D eigenvalue weighted by Crippen LogP contribution is -2.42. The fourth-order valence-corrected chi connectivity index (χ4v) is 4.47. The van der Waals surface area contributed by atoms with Gasteiger partial charge in [0, 0.05) is 57.7 Å². The van der Waals surface area contributed by atoms with Crippen molar-refractivity contribution in [3.63, 3.8) is 0 Å². The van der Waals surface area contributed by atoms with E-state index < -0.39 is 28.4 Å². The van der Waals surface area contributed by atoms with Crippen LogP contribution in [0.15, 0.2) is 18.2 Å². The Labute approximate surface area is 226 Å². The van der Waals surface area contributed by atoms with Crippen LogP contribution in [0.3, 0.4) is 0 Å². The molecule has 0 aromatic heterocycles.